The normalized spacial score (nSPS) is 11.9. The maximum absolute atomic E-state index is 11.8. The summed E-state index contributed by atoms with van der Waals surface area (Å²) in [4.78, 5) is 22.5. The molecule has 0 rings (SSSR count). The van der Waals surface area contributed by atoms with Crippen LogP contribution in [-0.2, 0) is 9.59 Å². The molecule has 29 heavy (non-hydrogen) atoms. The Morgan fingerprint density at radius 2 is 1.17 bits per heavy atom. The summed E-state index contributed by atoms with van der Waals surface area (Å²) in [6.45, 7) is 3.27. The van der Waals surface area contributed by atoms with Crippen LogP contribution in [0.1, 0.15) is 117 Å². The van der Waals surface area contributed by atoms with Crippen molar-refractivity contribution in [1.29, 1.82) is 0 Å². The number of hydrogen-bond donors (Lipinski definition) is 3. The second-order valence-corrected chi connectivity index (χ2v) is 7.89. The van der Waals surface area contributed by atoms with Gasteiger partial charge in [-0.05, 0) is 13.3 Å². The Morgan fingerprint density at radius 1 is 0.793 bits per heavy atom. The molecule has 0 aliphatic heterocycles. The van der Waals surface area contributed by atoms with Crippen molar-refractivity contribution >= 4 is 41.4 Å². The number of amides is 1. The molecule has 1 amide bonds. The van der Waals surface area contributed by atoms with Gasteiger partial charge in [-0.25, -0.2) is 0 Å². The van der Waals surface area contributed by atoms with Crippen LogP contribution in [0.15, 0.2) is 0 Å². The van der Waals surface area contributed by atoms with Crippen LogP contribution in [0.2, 0.25) is 0 Å². The average molecular weight is 425 g/mol. The van der Waals surface area contributed by atoms with Gasteiger partial charge in [0, 0.05) is 6.42 Å². The van der Waals surface area contributed by atoms with Crippen LogP contribution >= 0.6 is 0 Å². The van der Waals surface area contributed by atoms with E-state index in [4.69, 9.17) is 5.11 Å². The van der Waals surface area contributed by atoms with Gasteiger partial charge in [-0.2, -0.15) is 5.01 Å². The van der Waals surface area contributed by atoms with Crippen LogP contribution in [-0.4, -0.2) is 69.4 Å². The molecule has 1 unspecified atom stereocenters. The molecule has 0 spiro atoms. The number of aliphatic hydroxyl groups is 1. The summed E-state index contributed by atoms with van der Waals surface area (Å²) in [6, 6.07) is 0. The Morgan fingerprint density at radius 3 is 1.52 bits per heavy atom. The van der Waals surface area contributed by atoms with E-state index >= 15 is 0 Å². The van der Waals surface area contributed by atoms with Crippen LogP contribution in [0.4, 0.5) is 0 Å². The molecule has 1 atom stereocenters. The molecule has 0 aliphatic rings. The monoisotopic (exact) mass is 424 g/mol. The summed E-state index contributed by atoms with van der Waals surface area (Å²) < 4.78 is 0. The van der Waals surface area contributed by atoms with Gasteiger partial charge in [-0.15, -0.1) is 0 Å². The zero-order chi connectivity index (χ0) is 21.0. The number of aliphatic carboxylic acids is 1. The van der Waals surface area contributed by atoms with Crippen molar-refractivity contribution in [1.82, 2.24) is 10.4 Å². The number of rotatable bonds is 20. The molecule has 0 heterocycles. The van der Waals surface area contributed by atoms with Crippen LogP contribution in [0.25, 0.3) is 0 Å². The van der Waals surface area contributed by atoms with Crippen molar-refractivity contribution in [2.75, 3.05) is 6.54 Å². The minimum absolute atomic E-state index is 0. The van der Waals surface area contributed by atoms with Crippen molar-refractivity contribution in [2.24, 2.45) is 0 Å². The molecular weight excluding hydrogens is 379 g/mol. The predicted octanol–water partition coefficient (Wildman–Crippen LogP) is 4.36. The first-order valence-electron chi connectivity index (χ1n) is 11.4. The van der Waals surface area contributed by atoms with Crippen molar-refractivity contribution in [2.45, 2.75) is 123 Å². The van der Waals surface area contributed by atoms with E-state index in [2.05, 4.69) is 12.3 Å². The van der Waals surface area contributed by atoms with Gasteiger partial charge in [0.1, 0.15) is 12.8 Å². The number of carbonyl (C=O) groups excluding carboxylic acids is 1. The number of nitrogens with zero attached hydrogens (tertiary/aromatic N) is 1. The second-order valence-electron chi connectivity index (χ2n) is 7.89. The van der Waals surface area contributed by atoms with Gasteiger partial charge in [-0.3, -0.25) is 15.0 Å². The van der Waals surface area contributed by atoms with E-state index in [0.717, 1.165) is 24.3 Å². The third-order valence-electron chi connectivity index (χ3n) is 5.03. The first kappa shape index (κ1) is 31.0. The van der Waals surface area contributed by atoms with E-state index in [9.17, 15) is 14.7 Å². The van der Waals surface area contributed by atoms with Crippen molar-refractivity contribution < 1.29 is 19.8 Å². The Kier molecular flexibility index (Phi) is 24.1. The van der Waals surface area contributed by atoms with Crippen molar-refractivity contribution in [3.8, 4) is 0 Å². The van der Waals surface area contributed by atoms with Gasteiger partial charge in [0.15, 0.2) is 0 Å². The molecule has 0 radical (unpaired) electrons. The maximum atomic E-state index is 11.8. The number of hydrogen-bond acceptors (Lipinski definition) is 4. The third-order valence-corrected chi connectivity index (χ3v) is 5.03. The van der Waals surface area contributed by atoms with E-state index in [-0.39, 0.29) is 35.5 Å². The standard InChI is InChI=1S/C22H44N2O4.Na.H/c1-3-4-5-6-7-8-9-10-11-12-13-14-15-16-17-18-21(26)23-24(20(2)25)19-22(27)28;;/h20,25H,3-19H2,1-2H3,(H,23,26)(H,27,28);;. The van der Waals surface area contributed by atoms with E-state index in [1.54, 1.807) is 0 Å². The Labute approximate surface area is 200 Å². The van der Waals surface area contributed by atoms with E-state index in [1.807, 2.05) is 0 Å². The van der Waals surface area contributed by atoms with Gasteiger partial charge in [0.25, 0.3) is 0 Å². The van der Waals surface area contributed by atoms with Crippen LogP contribution in [0, 0.1) is 0 Å². The Balaban J connectivity index is 0. The number of carbonyl (C=O) groups is 2. The number of unbranched alkanes of at least 4 members (excludes halogenated alkanes) is 14. The van der Waals surface area contributed by atoms with Gasteiger partial charge < -0.3 is 10.2 Å². The third kappa shape index (κ3) is 22.4. The van der Waals surface area contributed by atoms with Crippen molar-refractivity contribution in [3.63, 3.8) is 0 Å². The number of carboxylic acid groups (broad SMARTS) is 1. The zero-order valence-corrected chi connectivity index (χ0v) is 18.3. The summed E-state index contributed by atoms with van der Waals surface area (Å²) in [7, 11) is 0. The van der Waals surface area contributed by atoms with Gasteiger partial charge in [0.05, 0.1) is 0 Å². The minimum atomic E-state index is -1.09. The van der Waals surface area contributed by atoms with Crippen LogP contribution < -0.4 is 5.43 Å². The summed E-state index contributed by atoms with van der Waals surface area (Å²) in [5.41, 5.74) is 2.46. The number of aliphatic hydroxyl groups excluding tert-OH is 1. The fourth-order valence-electron chi connectivity index (χ4n) is 3.28. The summed E-state index contributed by atoms with van der Waals surface area (Å²) in [5.74, 6) is -1.33. The number of hydrazine groups is 1. The zero-order valence-electron chi connectivity index (χ0n) is 18.3. The molecule has 0 aromatic carbocycles. The summed E-state index contributed by atoms with van der Waals surface area (Å²) in [6.07, 6.45) is 18.5. The number of nitrogens with one attached hydrogen (secondary N) is 1. The van der Waals surface area contributed by atoms with Gasteiger partial charge in [0.2, 0.25) is 5.91 Å². The first-order chi connectivity index (χ1) is 13.5. The van der Waals surface area contributed by atoms with E-state index < -0.39 is 18.7 Å². The fraction of sp³-hybridized carbons (Fsp3) is 0.909. The van der Waals surface area contributed by atoms with Crippen LogP contribution in [0.5, 0.6) is 0 Å². The van der Waals surface area contributed by atoms with Gasteiger partial charge >= 0.3 is 35.5 Å². The second kappa shape index (κ2) is 22.5. The molecule has 0 aromatic rings. The average Bonchev–Trinajstić information content (AvgIpc) is 2.64. The molecule has 0 saturated carbocycles. The number of carboxylic acids is 1. The molecule has 7 heteroatoms. The first-order valence-corrected chi connectivity index (χ1v) is 11.4. The molecule has 0 fully saturated rings. The molecule has 3 N–H and O–H groups in total. The SMILES string of the molecule is CCCCCCCCCCCCCCCCCC(=O)NN(CC(=O)O)C(C)O.[NaH]. The van der Waals surface area contributed by atoms with Crippen LogP contribution in [0.3, 0.4) is 0 Å². The quantitative estimate of drug-likeness (QED) is 0.117. The summed E-state index contributed by atoms with van der Waals surface area (Å²) in [5, 5.41) is 19.3. The molecule has 168 valence electrons. The van der Waals surface area contributed by atoms with E-state index in [0.29, 0.717) is 6.42 Å². The fourth-order valence-corrected chi connectivity index (χ4v) is 3.28. The Hall–Kier alpha value is -0.140. The molecule has 0 bridgehead atoms. The van der Waals surface area contributed by atoms with Crippen molar-refractivity contribution in [3.05, 3.63) is 0 Å². The molecule has 0 aromatic heterocycles. The van der Waals surface area contributed by atoms with E-state index in [1.165, 1.54) is 84.0 Å². The molecule has 0 aliphatic carbocycles. The molecule has 0 saturated heterocycles. The van der Waals surface area contributed by atoms with Gasteiger partial charge in [-0.1, -0.05) is 96.8 Å². The molecular formula is C22H45N2NaO4. The predicted molar refractivity (Wildman–Crippen MR) is 121 cm³/mol. The molecule has 6 nitrogen and oxygen atoms in total. The topological polar surface area (TPSA) is 89.9 Å². The summed E-state index contributed by atoms with van der Waals surface area (Å²) >= 11 is 0. The Bertz CT molecular complexity index is 395.